The van der Waals surface area contributed by atoms with E-state index in [1.54, 1.807) is 43.3 Å². The molecule has 1 N–H and O–H groups in total. The molecule has 0 fully saturated rings. The third kappa shape index (κ3) is 6.63. The second-order valence-electron chi connectivity index (χ2n) is 6.81. The summed E-state index contributed by atoms with van der Waals surface area (Å²) in [5, 5.41) is 4.30. The Morgan fingerprint density at radius 3 is 2.24 bits per heavy atom. The van der Waals surface area contributed by atoms with E-state index in [2.05, 4.69) is 12.2 Å². The summed E-state index contributed by atoms with van der Waals surface area (Å²) in [5.41, 5.74) is 1.31. The number of nitrogens with zero attached hydrogens (tertiary/aromatic N) is 1. The van der Waals surface area contributed by atoms with E-state index < -0.39 is 6.04 Å². The largest absolute Gasteiger partial charge is 0.354 e. The lowest BCUT2D eigenvalue weighted by atomic mass is 10.1. The van der Waals surface area contributed by atoms with Gasteiger partial charge in [-0.2, -0.15) is 0 Å². The zero-order chi connectivity index (χ0) is 21.4. The normalized spacial score (nSPS) is 11.8. The van der Waals surface area contributed by atoms with E-state index in [1.165, 1.54) is 4.90 Å². The highest BCUT2D eigenvalue weighted by Crippen LogP contribution is 2.27. The molecular weight excluding hydrogens is 431 g/mol. The van der Waals surface area contributed by atoms with Crippen LogP contribution in [0.4, 0.5) is 0 Å². The zero-order valence-corrected chi connectivity index (χ0v) is 18.8. The highest BCUT2D eigenvalue weighted by molar-refractivity contribution is 6.36. The molecule has 2 aromatic rings. The number of nitrogens with one attached hydrogen (secondary N) is 1. The van der Waals surface area contributed by atoms with E-state index in [9.17, 15) is 9.59 Å². The molecule has 156 valence electrons. The molecule has 0 aliphatic carbocycles. The predicted molar refractivity (Wildman–Crippen MR) is 120 cm³/mol. The van der Waals surface area contributed by atoms with Crippen LogP contribution >= 0.6 is 34.8 Å². The maximum absolute atomic E-state index is 13.2. The third-order valence-electron chi connectivity index (χ3n) is 4.69. The number of unbranched alkanes of at least 4 members (excludes halogenated alkanes) is 1. The highest BCUT2D eigenvalue weighted by atomic mass is 35.5. The van der Waals surface area contributed by atoms with Gasteiger partial charge in [-0.15, -0.1) is 0 Å². The molecule has 0 spiro atoms. The third-order valence-corrected chi connectivity index (χ3v) is 5.76. The van der Waals surface area contributed by atoms with Crippen molar-refractivity contribution in [2.75, 3.05) is 6.54 Å². The summed E-state index contributed by atoms with van der Waals surface area (Å²) in [6.07, 6.45) is 1.93. The molecule has 2 amide bonds. The molecule has 0 bridgehead atoms. The van der Waals surface area contributed by atoms with Gasteiger partial charge in [0.25, 0.3) is 0 Å². The fourth-order valence-corrected chi connectivity index (χ4v) is 3.60. The Morgan fingerprint density at radius 2 is 1.62 bits per heavy atom. The van der Waals surface area contributed by atoms with Gasteiger partial charge in [-0.3, -0.25) is 9.59 Å². The van der Waals surface area contributed by atoms with Gasteiger partial charge in [0.05, 0.1) is 6.42 Å². The minimum Gasteiger partial charge on any atom is -0.354 e. The highest BCUT2D eigenvalue weighted by Gasteiger charge is 2.27. The maximum Gasteiger partial charge on any atom is 0.242 e. The van der Waals surface area contributed by atoms with Crippen LogP contribution in [0.15, 0.2) is 42.5 Å². The van der Waals surface area contributed by atoms with Gasteiger partial charge in [0.2, 0.25) is 11.8 Å². The lowest BCUT2D eigenvalue weighted by Gasteiger charge is -2.29. The lowest BCUT2D eigenvalue weighted by molar-refractivity contribution is -0.140. The molecule has 1 unspecified atom stereocenters. The molecule has 0 radical (unpaired) electrons. The molecule has 0 saturated carbocycles. The fourth-order valence-electron chi connectivity index (χ4n) is 2.88. The molecule has 0 aromatic heterocycles. The van der Waals surface area contributed by atoms with Gasteiger partial charge in [0.1, 0.15) is 6.04 Å². The zero-order valence-electron chi connectivity index (χ0n) is 16.6. The van der Waals surface area contributed by atoms with Crippen molar-refractivity contribution in [2.24, 2.45) is 0 Å². The standard InChI is InChI=1S/C22H25Cl3N2O2/c1-3-4-12-26-22(29)15(2)27(14-17-19(24)10-7-11-20(17)25)21(28)13-16-8-5-6-9-18(16)23/h5-11,15H,3-4,12-14H2,1-2H3,(H,26,29). The predicted octanol–water partition coefficient (Wildman–Crippen LogP) is 5.52. The monoisotopic (exact) mass is 454 g/mol. The summed E-state index contributed by atoms with van der Waals surface area (Å²) in [4.78, 5) is 27.3. The van der Waals surface area contributed by atoms with E-state index in [4.69, 9.17) is 34.8 Å². The van der Waals surface area contributed by atoms with E-state index in [0.717, 1.165) is 12.8 Å². The Labute approximate surface area is 187 Å². The molecule has 2 aromatic carbocycles. The molecule has 0 saturated heterocycles. The average molecular weight is 456 g/mol. The van der Waals surface area contributed by atoms with Crippen LogP contribution in [-0.2, 0) is 22.6 Å². The van der Waals surface area contributed by atoms with E-state index in [0.29, 0.717) is 32.7 Å². The molecule has 0 aliphatic rings. The summed E-state index contributed by atoms with van der Waals surface area (Å²) < 4.78 is 0. The quantitative estimate of drug-likeness (QED) is 0.506. The van der Waals surface area contributed by atoms with Crippen molar-refractivity contribution in [1.82, 2.24) is 10.2 Å². The van der Waals surface area contributed by atoms with Crippen molar-refractivity contribution in [3.63, 3.8) is 0 Å². The molecule has 4 nitrogen and oxygen atoms in total. The molecule has 29 heavy (non-hydrogen) atoms. The summed E-state index contributed by atoms with van der Waals surface area (Å²) in [5.74, 6) is -0.443. The van der Waals surface area contributed by atoms with Crippen molar-refractivity contribution in [2.45, 2.75) is 45.7 Å². The van der Waals surface area contributed by atoms with Crippen LogP contribution < -0.4 is 5.32 Å². The van der Waals surface area contributed by atoms with Crippen molar-refractivity contribution in [1.29, 1.82) is 0 Å². The molecule has 7 heteroatoms. The Hall–Kier alpha value is -1.75. The molecule has 0 heterocycles. The van der Waals surface area contributed by atoms with Crippen LogP contribution in [0.1, 0.15) is 37.8 Å². The smallest absolute Gasteiger partial charge is 0.242 e. The Balaban J connectivity index is 2.27. The summed E-state index contributed by atoms with van der Waals surface area (Å²) in [6.45, 7) is 4.45. The van der Waals surface area contributed by atoms with Crippen LogP contribution in [0.5, 0.6) is 0 Å². The lowest BCUT2D eigenvalue weighted by Crippen LogP contribution is -2.48. The second kappa shape index (κ2) is 11.4. The first kappa shape index (κ1) is 23.5. The number of hydrogen-bond donors (Lipinski definition) is 1. The van der Waals surface area contributed by atoms with Crippen LogP contribution in [0.25, 0.3) is 0 Å². The average Bonchev–Trinajstić information content (AvgIpc) is 2.69. The first-order valence-corrected chi connectivity index (χ1v) is 10.7. The topological polar surface area (TPSA) is 49.4 Å². The van der Waals surface area contributed by atoms with E-state index in [1.807, 2.05) is 6.07 Å². The Morgan fingerprint density at radius 1 is 1.00 bits per heavy atom. The number of carbonyl (C=O) groups is 2. The van der Waals surface area contributed by atoms with Crippen LogP contribution in [0.2, 0.25) is 15.1 Å². The van der Waals surface area contributed by atoms with Gasteiger partial charge in [0, 0.05) is 33.7 Å². The van der Waals surface area contributed by atoms with Crippen LogP contribution in [0.3, 0.4) is 0 Å². The Kier molecular flexibility index (Phi) is 9.28. The molecular formula is C22H25Cl3N2O2. The SMILES string of the molecule is CCCCNC(=O)C(C)N(Cc1c(Cl)cccc1Cl)C(=O)Cc1ccccc1Cl. The summed E-state index contributed by atoms with van der Waals surface area (Å²) in [6, 6.07) is 11.6. The van der Waals surface area contributed by atoms with Crippen molar-refractivity contribution in [3.05, 3.63) is 68.7 Å². The van der Waals surface area contributed by atoms with Gasteiger partial charge in [-0.25, -0.2) is 0 Å². The first-order valence-electron chi connectivity index (χ1n) is 9.58. The molecule has 1 atom stereocenters. The van der Waals surface area contributed by atoms with E-state index in [-0.39, 0.29) is 24.8 Å². The number of rotatable bonds is 9. The number of halogens is 3. The van der Waals surface area contributed by atoms with Gasteiger partial charge in [0.15, 0.2) is 0 Å². The number of benzene rings is 2. The van der Waals surface area contributed by atoms with Crippen LogP contribution in [-0.4, -0.2) is 29.3 Å². The van der Waals surface area contributed by atoms with Gasteiger partial charge in [-0.1, -0.05) is 72.4 Å². The van der Waals surface area contributed by atoms with Crippen molar-refractivity contribution >= 4 is 46.6 Å². The first-order chi connectivity index (χ1) is 13.8. The van der Waals surface area contributed by atoms with Gasteiger partial charge < -0.3 is 10.2 Å². The number of hydrogen-bond acceptors (Lipinski definition) is 2. The van der Waals surface area contributed by atoms with Crippen LogP contribution in [0, 0.1) is 0 Å². The molecule has 0 aliphatic heterocycles. The minimum atomic E-state index is -0.686. The second-order valence-corrected chi connectivity index (χ2v) is 8.03. The van der Waals surface area contributed by atoms with Gasteiger partial charge in [-0.05, 0) is 37.1 Å². The number of amides is 2. The van der Waals surface area contributed by atoms with Gasteiger partial charge >= 0.3 is 0 Å². The summed E-state index contributed by atoms with van der Waals surface area (Å²) in [7, 11) is 0. The molecule has 2 rings (SSSR count). The minimum absolute atomic E-state index is 0.0777. The van der Waals surface area contributed by atoms with Crippen molar-refractivity contribution in [3.8, 4) is 0 Å². The summed E-state index contributed by atoms with van der Waals surface area (Å²) >= 11 is 18.8. The fraction of sp³-hybridized carbons (Fsp3) is 0.364. The van der Waals surface area contributed by atoms with E-state index >= 15 is 0 Å². The maximum atomic E-state index is 13.2. The Bertz CT molecular complexity index is 837. The van der Waals surface area contributed by atoms with Crippen molar-refractivity contribution < 1.29 is 9.59 Å². The number of carbonyl (C=O) groups excluding carboxylic acids is 2.